The Kier molecular flexibility index (Phi) is 10.4. The number of esters is 1. The number of hydrogen-bond donors (Lipinski definition) is 2. The van der Waals surface area contributed by atoms with E-state index in [1.807, 2.05) is 0 Å². The standard InChI is InChI=1S/C30H30O12S.Na/c1-36-21-8-6-20(7-9-21)30(32)22(27(29(31)42-30)19-5-10-23-24(16-19)41-17-40-23)13-18-14-25(37-2)28(38-3)26(15-18)39-11-4-12-43(33,34)35;/h5-10,14-16,32H,4,11-13,17H2,1-3H3,(H,33,34,35);. The molecule has 1 unspecified atom stereocenters. The van der Waals surface area contributed by atoms with Crippen LogP contribution in [-0.2, 0) is 31.9 Å². The van der Waals surface area contributed by atoms with Crippen LogP contribution in [0.1, 0.15) is 23.1 Å². The van der Waals surface area contributed by atoms with Crippen molar-refractivity contribution in [3.05, 3.63) is 76.9 Å². The first-order valence-electron chi connectivity index (χ1n) is 13.1. The number of benzene rings is 3. The molecular formula is C30H30NaO12S. The molecule has 5 rings (SSSR count). The van der Waals surface area contributed by atoms with Crippen LogP contribution in [0.4, 0.5) is 0 Å². The fourth-order valence-corrected chi connectivity index (χ4v) is 5.45. The number of carbonyl (C=O) groups excluding carboxylic acids is 1. The molecule has 2 heterocycles. The molecule has 3 aromatic rings. The third-order valence-corrected chi connectivity index (χ3v) is 7.79. The maximum atomic E-state index is 13.5. The summed E-state index contributed by atoms with van der Waals surface area (Å²) < 4.78 is 70.0. The van der Waals surface area contributed by atoms with Gasteiger partial charge in [0.2, 0.25) is 12.5 Å². The van der Waals surface area contributed by atoms with E-state index in [1.54, 1.807) is 54.6 Å². The van der Waals surface area contributed by atoms with Crippen LogP contribution in [0.5, 0.6) is 34.5 Å². The molecule has 44 heavy (non-hydrogen) atoms. The first kappa shape index (κ1) is 33.4. The molecule has 0 amide bonds. The van der Waals surface area contributed by atoms with Crippen molar-refractivity contribution in [3.63, 3.8) is 0 Å². The van der Waals surface area contributed by atoms with Crippen LogP contribution in [0, 0.1) is 0 Å². The number of methoxy groups -OCH3 is 3. The number of aliphatic hydroxyl groups is 1. The van der Waals surface area contributed by atoms with Gasteiger partial charge in [-0.2, -0.15) is 8.42 Å². The summed E-state index contributed by atoms with van der Waals surface area (Å²) in [6.45, 7) is -0.00510. The largest absolute Gasteiger partial charge is 0.497 e. The summed E-state index contributed by atoms with van der Waals surface area (Å²) in [6, 6.07) is 14.8. The van der Waals surface area contributed by atoms with Crippen LogP contribution in [0.25, 0.3) is 5.57 Å². The molecule has 229 valence electrons. The summed E-state index contributed by atoms with van der Waals surface area (Å²) in [6.07, 6.45) is 0.0211. The molecule has 14 heteroatoms. The SMILES string of the molecule is COc1ccc(C2(O)OC(=O)C(c3ccc4c(c3)OCO4)=C2Cc2cc(OC)c(OC)c(OCCCS(=O)(=O)O)c2)cc1.[Na]. The minimum absolute atomic E-state index is 0. The van der Waals surface area contributed by atoms with E-state index in [9.17, 15) is 18.3 Å². The van der Waals surface area contributed by atoms with E-state index in [4.69, 9.17) is 37.7 Å². The monoisotopic (exact) mass is 637 g/mol. The van der Waals surface area contributed by atoms with Gasteiger partial charge in [0.25, 0.3) is 15.9 Å². The van der Waals surface area contributed by atoms with Crippen molar-refractivity contribution in [1.29, 1.82) is 0 Å². The second-order valence-corrected chi connectivity index (χ2v) is 11.3. The second-order valence-electron chi connectivity index (χ2n) is 9.68. The predicted octanol–water partition coefficient (Wildman–Crippen LogP) is 3.12. The Labute approximate surface area is 276 Å². The zero-order chi connectivity index (χ0) is 30.8. The Morgan fingerprint density at radius 3 is 2.27 bits per heavy atom. The van der Waals surface area contributed by atoms with E-state index in [-0.39, 0.29) is 78.4 Å². The number of hydrogen-bond acceptors (Lipinski definition) is 11. The minimum Gasteiger partial charge on any atom is -0.497 e. The smallest absolute Gasteiger partial charge is 0.342 e. The topological polar surface area (TPSA) is 156 Å². The van der Waals surface area contributed by atoms with Gasteiger partial charge in [0.05, 0.1) is 39.3 Å². The number of cyclic esters (lactones) is 1. The zero-order valence-corrected chi connectivity index (χ0v) is 27.4. The fraction of sp³-hybridized carbons (Fsp3) is 0.300. The van der Waals surface area contributed by atoms with Crippen molar-refractivity contribution in [2.45, 2.75) is 18.6 Å². The van der Waals surface area contributed by atoms with Crippen molar-refractivity contribution in [3.8, 4) is 34.5 Å². The molecule has 12 nitrogen and oxygen atoms in total. The Morgan fingerprint density at radius 1 is 0.909 bits per heavy atom. The Bertz CT molecular complexity index is 1670. The number of fused-ring (bicyclic) bond motifs is 1. The first-order chi connectivity index (χ1) is 20.6. The zero-order valence-electron chi connectivity index (χ0n) is 24.6. The van der Waals surface area contributed by atoms with Gasteiger partial charge in [0.1, 0.15) is 5.75 Å². The average molecular weight is 638 g/mol. The molecule has 2 N–H and O–H groups in total. The van der Waals surface area contributed by atoms with Gasteiger partial charge in [-0.25, -0.2) is 4.79 Å². The Balaban J connectivity index is 0.00000442. The molecular weight excluding hydrogens is 607 g/mol. The molecule has 2 aliphatic rings. The van der Waals surface area contributed by atoms with Gasteiger partial charge in [-0.3, -0.25) is 4.55 Å². The van der Waals surface area contributed by atoms with Crippen molar-refractivity contribution < 1.29 is 56.0 Å². The van der Waals surface area contributed by atoms with E-state index in [1.165, 1.54) is 21.3 Å². The molecule has 1 atom stereocenters. The second kappa shape index (κ2) is 13.7. The van der Waals surface area contributed by atoms with E-state index in [0.717, 1.165) is 0 Å². The Hall–Kier alpha value is -3.46. The van der Waals surface area contributed by atoms with Crippen molar-refractivity contribution in [1.82, 2.24) is 0 Å². The van der Waals surface area contributed by atoms with Crippen molar-refractivity contribution >= 4 is 51.2 Å². The van der Waals surface area contributed by atoms with E-state index in [0.29, 0.717) is 39.7 Å². The quantitative estimate of drug-likeness (QED) is 0.130. The number of rotatable bonds is 12. The van der Waals surface area contributed by atoms with Gasteiger partial charge >= 0.3 is 5.97 Å². The van der Waals surface area contributed by atoms with Gasteiger partial charge in [0.15, 0.2) is 23.0 Å². The molecule has 3 aromatic carbocycles. The number of carbonyl (C=O) groups is 1. The summed E-state index contributed by atoms with van der Waals surface area (Å²) in [7, 11) is 0.226. The minimum atomic E-state index is -4.16. The third kappa shape index (κ3) is 6.93. The van der Waals surface area contributed by atoms with Crippen LogP contribution >= 0.6 is 0 Å². The van der Waals surface area contributed by atoms with E-state index in [2.05, 4.69) is 0 Å². The molecule has 0 spiro atoms. The van der Waals surface area contributed by atoms with Gasteiger partial charge < -0.3 is 38.3 Å². The summed E-state index contributed by atoms with van der Waals surface area (Å²) >= 11 is 0. The summed E-state index contributed by atoms with van der Waals surface area (Å²) in [5.41, 5.74) is 1.69. The van der Waals surface area contributed by atoms with Crippen molar-refractivity contribution in [2.24, 2.45) is 0 Å². The molecule has 0 bridgehead atoms. The van der Waals surface area contributed by atoms with Crippen LogP contribution in [0.2, 0.25) is 0 Å². The van der Waals surface area contributed by atoms with Gasteiger partial charge in [0, 0.05) is 47.1 Å². The molecule has 0 fully saturated rings. The predicted molar refractivity (Wildman–Crippen MR) is 158 cm³/mol. The normalized spacial score (nSPS) is 17.2. The maximum absolute atomic E-state index is 13.5. The molecule has 2 aliphatic heterocycles. The molecule has 0 saturated heterocycles. The molecule has 0 aliphatic carbocycles. The van der Waals surface area contributed by atoms with Gasteiger partial charge in [-0.05, 0) is 66.1 Å². The van der Waals surface area contributed by atoms with Crippen LogP contribution < -0.4 is 28.4 Å². The third-order valence-electron chi connectivity index (χ3n) is 6.99. The van der Waals surface area contributed by atoms with Gasteiger partial charge in [-0.15, -0.1) is 0 Å². The summed E-state index contributed by atoms with van der Waals surface area (Å²) in [5, 5.41) is 12.0. The average Bonchev–Trinajstić information content (AvgIpc) is 3.55. The molecule has 0 aromatic heterocycles. The van der Waals surface area contributed by atoms with Crippen LogP contribution in [0.3, 0.4) is 0 Å². The van der Waals surface area contributed by atoms with Crippen molar-refractivity contribution in [2.75, 3.05) is 40.5 Å². The maximum Gasteiger partial charge on any atom is 0.342 e. The van der Waals surface area contributed by atoms with Gasteiger partial charge in [-0.1, -0.05) is 6.07 Å². The van der Waals surface area contributed by atoms with E-state index >= 15 is 0 Å². The summed E-state index contributed by atoms with van der Waals surface area (Å²) in [4.78, 5) is 13.5. The van der Waals surface area contributed by atoms with Crippen LogP contribution in [-0.4, -0.2) is 94.1 Å². The van der Waals surface area contributed by atoms with E-state index < -0.39 is 27.6 Å². The Morgan fingerprint density at radius 2 is 1.61 bits per heavy atom. The fourth-order valence-electron chi connectivity index (χ4n) is 4.96. The van der Waals surface area contributed by atoms with Crippen LogP contribution in [0.15, 0.2) is 60.2 Å². The summed E-state index contributed by atoms with van der Waals surface area (Å²) in [5.74, 6) is -1.05. The number of ether oxygens (including phenoxy) is 7. The molecule has 0 saturated carbocycles. The molecule has 1 radical (unpaired) electrons. The first-order valence-corrected chi connectivity index (χ1v) is 14.7.